The maximum atomic E-state index is 11.1. The van der Waals surface area contributed by atoms with Crippen LogP contribution in [0.5, 0.6) is 0 Å². The van der Waals surface area contributed by atoms with E-state index in [9.17, 15) is 4.79 Å². The van der Waals surface area contributed by atoms with Gasteiger partial charge >= 0.3 is 0 Å². The fraction of sp³-hybridized carbons (Fsp3) is 0.133. The van der Waals surface area contributed by atoms with Crippen LogP contribution in [-0.4, -0.2) is 10.8 Å². The van der Waals surface area contributed by atoms with E-state index in [0.29, 0.717) is 5.56 Å². The summed E-state index contributed by atoms with van der Waals surface area (Å²) < 4.78 is 0. The number of Topliss-reactive ketones (excluding diaryl/α,β-unsaturated/α-hetero) is 1. The molecular weight excluding hydrogens is 402 g/mol. The van der Waals surface area contributed by atoms with Gasteiger partial charge in [0.05, 0.1) is 0 Å². The molecule has 0 bridgehead atoms. The molecule has 97 valence electrons. The summed E-state index contributed by atoms with van der Waals surface area (Å²) in [5.41, 5.74) is 3.60. The molecule has 0 saturated carbocycles. The fourth-order valence-corrected chi connectivity index (χ4v) is 1.55. The Morgan fingerprint density at radius 3 is 2.50 bits per heavy atom. The number of hydrogen-bond donors (Lipinski definition) is 0. The normalized spacial score (nSPS) is 9.00. The molecule has 1 aromatic heterocycles. The first-order chi connectivity index (χ1) is 7.68. The zero-order valence-corrected chi connectivity index (χ0v) is 13.0. The van der Waals surface area contributed by atoms with Crippen LogP contribution in [0.3, 0.4) is 0 Å². The van der Waals surface area contributed by atoms with Crippen molar-refractivity contribution in [3.63, 3.8) is 0 Å². The molecule has 0 fully saturated rings. The Bertz CT molecular complexity index is 520. The molecule has 0 unspecified atom stereocenters. The van der Waals surface area contributed by atoms with Gasteiger partial charge in [-0.25, -0.2) is 0 Å². The Kier molecular flexibility index (Phi) is 6.67. The summed E-state index contributed by atoms with van der Waals surface area (Å²) in [6.07, 6.45) is 1.61. The second kappa shape index (κ2) is 7.20. The molecule has 0 aliphatic carbocycles. The van der Waals surface area contributed by atoms with Crippen molar-refractivity contribution in [1.29, 1.82) is 0 Å². The van der Waals surface area contributed by atoms with E-state index in [1.807, 2.05) is 31.2 Å². The molecule has 1 aromatic carbocycles. The molecule has 0 atom stereocenters. The van der Waals surface area contributed by atoms with E-state index < -0.39 is 0 Å². The van der Waals surface area contributed by atoms with Crippen LogP contribution in [0.25, 0.3) is 11.3 Å². The van der Waals surface area contributed by atoms with E-state index in [-0.39, 0.29) is 33.3 Å². The van der Waals surface area contributed by atoms with Crippen LogP contribution in [0, 0.1) is 20.4 Å². The Morgan fingerprint density at radius 2 is 2.00 bits per heavy atom. The number of ketones is 1. The Morgan fingerprint density at radius 1 is 1.28 bits per heavy atom. The van der Waals surface area contributed by atoms with E-state index in [4.69, 9.17) is 0 Å². The molecule has 2 rings (SSSR count). The third-order valence-electron chi connectivity index (χ3n) is 2.49. The zero-order chi connectivity index (χ0) is 11.5. The summed E-state index contributed by atoms with van der Waals surface area (Å²) in [4.78, 5) is 15.4. The first-order valence-corrected chi connectivity index (χ1v) is 5.13. The standard InChI is InChI=1S/C14H12NO.CH3.Ir/c1-10-5-3-4-6-13(10)14-8-7-12(9-15-14)11(2)16;;/h3-5,7-9H,1-2H3;1H3;/q2*-1;. The van der Waals surface area contributed by atoms with Gasteiger partial charge in [0, 0.05) is 31.9 Å². The average Bonchev–Trinajstić information content (AvgIpc) is 2.30. The Hall–Kier alpha value is -1.31. The van der Waals surface area contributed by atoms with Crippen molar-refractivity contribution in [3.8, 4) is 11.3 Å². The fourth-order valence-electron chi connectivity index (χ4n) is 1.55. The molecular formula is C15H15IrNO-2. The zero-order valence-electron chi connectivity index (χ0n) is 10.7. The topological polar surface area (TPSA) is 30.0 Å². The summed E-state index contributed by atoms with van der Waals surface area (Å²) in [5, 5.41) is 0. The molecule has 2 aromatic rings. The van der Waals surface area contributed by atoms with Crippen molar-refractivity contribution in [1.82, 2.24) is 4.98 Å². The van der Waals surface area contributed by atoms with Gasteiger partial charge in [-0.3, -0.25) is 4.79 Å². The first-order valence-electron chi connectivity index (χ1n) is 5.13. The quantitative estimate of drug-likeness (QED) is 0.553. The van der Waals surface area contributed by atoms with E-state index >= 15 is 0 Å². The molecule has 3 heteroatoms. The third kappa shape index (κ3) is 3.59. The van der Waals surface area contributed by atoms with Gasteiger partial charge in [0.1, 0.15) is 0 Å². The maximum Gasteiger partial charge on any atom is 0.161 e. The van der Waals surface area contributed by atoms with Crippen LogP contribution >= 0.6 is 0 Å². The third-order valence-corrected chi connectivity index (χ3v) is 2.49. The molecule has 0 N–H and O–H groups in total. The Labute approximate surface area is 122 Å². The van der Waals surface area contributed by atoms with Crippen molar-refractivity contribution in [3.05, 3.63) is 61.1 Å². The van der Waals surface area contributed by atoms with Gasteiger partial charge in [-0.05, 0) is 12.6 Å². The number of aryl methyl sites for hydroxylation is 1. The molecule has 0 amide bonds. The number of hydrogen-bond acceptors (Lipinski definition) is 2. The van der Waals surface area contributed by atoms with Crippen LogP contribution in [0.4, 0.5) is 0 Å². The van der Waals surface area contributed by atoms with Crippen molar-refractivity contribution in [2.24, 2.45) is 0 Å². The van der Waals surface area contributed by atoms with Gasteiger partial charge in [-0.15, -0.1) is 35.4 Å². The molecule has 0 aliphatic heterocycles. The monoisotopic (exact) mass is 418 g/mol. The predicted molar refractivity (Wildman–Crippen MR) is 69.7 cm³/mol. The first kappa shape index (κ1) is 16.7. The molecule has 1 radical (unpaired) electrons. The van der Waals surface area contributed by atoms with Gasteiger partial charge in [0.25, 0.3) is 0 Å². The van der Waals surface area contributed by atoms with Gasteiger partial charge < -0.3 is 12.4 Å². The predicted octanol–water partition coefficient (Wildman–Crippen LogP) is 3.51. The van der Waals surface area contributed by atoms with Gasteiger partial charge in [-0.2, -0.15) is 0 Å². The minimum atomic E-state index is 0. The SMILES string of the molecule is CC(=O)c1ccc(-c2[c-]cccc2C)nc1.[CH3-].[Ir]. The Balaban J connectivity index is 0.00000144. The number of carbonyl (C=O) groups is 1. The average molecular weight is 418 g/mol. The van der Waals surface area contributed by atoms with Gasteiger partial charge in [-0.1, -0.05) is 19.1 Å². The smallest absolute Gasteiger partial charge is 0.161 e. The van der Waals surface area contributed by atoms with E-state index in [2.05, 4.69) is 11.1 Å². The maximum absolute atomic E-state index is 11.1. The summed E-state index contributed by atoms with van der Waals surface area (Å²) in [6.45, 7) is 3.56. The van der Waals surface area contributed by atoms with Crippen LogP contribution < -0.4 is 0 Å². The van der Waals surface area contributed by atoms with E-state index in [0.717, 1.165) is 16.8 Å². The minimum absolute atomic E-state index is 0. The molecule has 1 heterocycles. The summed E-state index contributed by atoms with van der Waals surface area (Å²) in [6, 6.07) is 12.6. The van der Waals surface area contributed by atoms with Crippen molar-refractivity contribution >= 4 is 5.78 Å². The number of aromatic nitrogens is 1. The summed E-state index contributed by atoms with van der Waals surface area (Å²) in [5.74, 6) is 0.0350. The molecule has 0 aliphatic rings. The molecule has 0 spiro atoms. The largest absolute Gasteiger partial charge is 0.358 e. The van der Waals surface area contributed by atoms with Crippen LogP contribution in [0.1, 0.15) is 22.8 Å². The van der Waals surface area contributed by atoms with Gasteiger partial charge in [0.2, 0.25) is 0 Å². The molecule has 2 nitrogen and oxygen atoms in total. The second-order valence-corrected chi connectivity index (χ2v) is 3.72. The number of carbonyl (C=O) groups excluding carboxylic acids is 1. The molecule has 18 heavy (non-hydrogen) atoms. The number of rotatable bonds is 2. The van der Waals surface area contributed by atoms with Gasteiger partial charge in [0.15, 0.2) is 5.78 Å². The van der Waals surface area contributed by atoms with E-state index in [1.54, 1.807) is 12.3 Å². The van der Waals surface area contributed by atoms with E-state index in [1.165, 1.54) is 6.92 Å². The number of nitrogens with zero attached hydrogens (tertiary/aromatic N) is 1. The number of benzene rings is 1. The summed E-state index contributed by atoms with van der Waals surface area (Å²) in [7, 11) is 0. The second-order valence-electron chi connectivity index (χ2n) is 3.72. The minimum Gasteiger partial charge on any atom is -0.358 e. The summed E-state index contributed by atoms with van der Waals surface area (Å²) >= 11 is 0. The van der Waals surface area contributed by atoms with Crippen LogP contribution in [-0.2, 0) is 20.1 Å². The van der Waals surface area contributed by atoms with Crippen molar-refractivity contribution in [2.75, 3.05) is 0 Å². The van der Waals surface area contributed by atoms with Crippen LogP contribution in [0.2, 0.25) is 0 Å². The van der Waals surface area contributed by atoms with Crippen LogP contribution in [0.15, 0.2) is 36.5 Å². The molecule has 0 saturated heterocycles. The van der Waals surface area contributed by atoms with Crippen molar-refractivity contribution < 1.29 is 24.9 Å². The number of pyridine rings is 1. The van der Waals surface area contributed by atoms with Crippen molar-refractivity contribution in [2.45, 2.75) is 13.8 Å².